The SMILES string of the molecule is COc1ccc(CCNC(N)=NCCc2cc3ccccc3[nH]2)cc1OC.I. The third-order valence-corrected chi connectivity index (χ3v) is 4.42. The Morgan fingerprint density at radius 3 is 2.57 bits per heavy atom. The van der Waals surface area contributed by atoms with Gasteiger partial charge in [0.2, 0.25) is 0 Å². The van der Waals surface area contributed by atoms with Gasteiger partial charge in [0.25, 0.3) is 0 Å². The van der Waals surface area contributed by atoms with Gasteiger partial charge in [0.05, 0.1) is 14.2 Å². The highest BCUT2D eigenvalue weighted by Gasteiger charge is 2.04. The smallest absolute Gasteiger partial charge is 0.188 e. The first-order chi connectivity index (χ1) is 13.2. The Morgan fingerprint density at radius 1 is 1.04 bits per heavy atom. The number of aromatic nitrogens is 1. The molecule has 0 fully saturated rings. The third-order valence-electron chi connectivity index (χ3n) is 4.42. The second-order valence-corrected chi connectivity index (χ2v) is 6.26. The van der Waals surface area contributed by atoms with Gasteiger partial charge in [0.1, 0.15) is 0 Å². The molecular weight excluding hydrogens is 467 g/mol. The number of aromatic amines is 1. The lowest BCUT2D eigenvalue weighted by molar-refractivity contribution is 0.354. The summed E-state index contributed by atoms with van der Waals surface area (Å²) in [6.07, 6.45) is 1.64. The Hall–Kier alpha value is -2.42. The standard InChI is InChI=1S/C21H26N4O2.HI/c1-26-19-8-7-15(13-20(19)27-2)9-11-23-21(22)24-12-10-17-14-16-5-3-4-6-18(16)25-17;/h3-8,13-14,25H,9-12H2,1-2H3,(H3,22,23,24);1H. The van der Waals surface area contributed by atoms with Crippen molar-refractivity contribution < 1.29 is 9.47 Å². The predicted molar refractivity (Wildman–Crippen MR) is 125 cm³/mol. The Balaban J connectivity index is 0.00000280. The number of guanidine groups is 1. The fraction of sp³-hybridized carbons (Fsp3) is 0.286. The van der Waals surface area contributed by atoms with Crippen molar-refractivity contribution in [3.05, 3.63) is 59.8 Å². The maximum atomic E-state index is 5.96. The summed E-state index contributed by atoms with van der Waals surface area (Å²) >= 11 is 0. The van der Waals surface area contributed by atoms with Crippen molar-refractivity contribution in [2.75, 3.05) is 27.3 Å². The summed E-state index contributed by atoms with van der Waals surface area (Å²) in [6, 6.07) is 16.3. The number of nitrogens with zero attached hydrogens (tertiary/aromatic N) is 1. The molecule has 1 heterocycles. The Morgan fingerprint density at radius 2 is 1.82 bits per heavy atom. The first kappa shape index (κ1) is 21.9. The molecule has 0 saturated heterocycles. The monoisotopic (exact) mass is 494 g/mol. The summed E-state index contributed by atoms with van der Waals surface area (Å²) in [4.78, 5) is 7.80. The first-order valence-corrected chi connectivity index (χ1v) is 9.01. The van der Waals surface area contributed by atoms with Crippen LogP contribution in [0.2, 0.25) is 0 Å². The molecule has 1 aromatic heterocycles. The molecule has 7 heteroatoms. The lowest BCUT2D eigenvalue weighted by Gasteiger charge is -2.10. The molecule has 3 aromatic rings. The zero-order valence-corrected chi connectivity index (χ0v) is 18.5. The van der Waals surface area contributed by atoms with Gasteiger partial charge in [-0.05, 0) is 41.6 Å². The van der Waals surface area contributed by atoms with Gasteiger partial charge in [-0.2, -0.15) is 0 Å². The number of fused-ring (bicyclic) bond motifs is 1. The van der Waals surface area contributed by atoms with Crippen molar-refractivity contribution in [2.24, 2.45) is 10.7 Å². The number of hydrogen-bond donors (Lipinski definition) is 3. The maximum Gasteiger partial charge on any atom is 0.188 e. The van der Waals surface area contributed by atoms with E-state index in [1.807, 2.05) is 30.3 Å². The molecular formula is C21H27IN4O2. The van der Waals surface area contributed by atoms with Crippen molar-refractivity contribution in [1.29, 1.82) is 0 Å². The first-order valence-electron chi connectivity index (χ1n) is 9.01. The minimum atomic E-state index is 0. The topological polar surface area (TPSA) is 84.7 Å². The van der Waals surface area contributed by atoms with Crippen LogP contribution in [0, 0.1) is 0 Å². The van der Waals surface area contributed by atoms with Crippen LogP contribution in [0.4, 0.5) is 0 Å². The summed E-state index contributed by atoms with van der Waals surface area (Å²) in [5.74, 6) is 1.92. The van der Waals surface area contributed by atoms with E-state index in [1.165, 1.54) is 5.39 Å². The molecule has 4 N–H and O–H groups in total. The average molecular weight is 494 g/mol. The van der Waals surface area contributed by atoms with Gasteiger partial charge >= 0.3 is 0 Å². The van der Waals surface area contributed by atoms with Crippen LogP contribution in [0.5, 0.6) is 11.5 Å². The summed E-state index contributed by atoms with van der Waals surface area (Å²) in [5.41, 5.74) is 9.42. The number of methoxy groups -OCH3 is 2. The van der Waals surface area contributed by atoms with Crippen LogP contribution in [-0.2, 0) is 12.8 Å². The van der Waals surface area contributed by atoms with Crippen molar-refractivity contribution in [1.82, 2.24) is 10.3 Å². The highest BCUT2D eigenvalue weighted by Crippen LogP contribution is 2.27. The molecule has 0 aliphatic rings. The average Bonchev–Trinajstić information content (AvgIpc) is 3.10. The van der Waals surface area contributed by atoms with E-state index in [9.17, 15) is 0 Å². The van der Waals surface area contributed by atoms with Crippen LogP contribution in [0.3, 0.4) is 0 Å². The van der Waals surface area contributed by atoms with Crippen molar-refractivity contribution in [2.45, 2.75) is 12.8 Å². The molecule has 0 bridgehead atoms. The Labute approximate surface area is 182 Å². The second kappa shape index (κ2) is 10.8. The minimum Gasteiger partial charge on any atom is -0.493 e. The molecule has 0 atom stereocenters. The van der Waals surface area contributed by atoms with E-state index in [1.54, 1.807) is 14.2 Å². The number of aliphatic imine (C=N–C) groups is 1. The van der Waals surface area contributed by atoms with Gasteiger partial charge in [0.15, 0.2) is 17.5 Å². The summed E-state index contributed by atoms with van der Waals surface area (Å²) in [6.45, 7) is 1.35. The Kier molecular flexibility index (Phi) is 8.43. The largest absolute Gasteiger partial charge is 0.493 e. The molecule has 0 saturated carbocycles. The highest BCUT2D eigenvalue weighted by molar-refractivity contribution is 14.0. The number of nitrogens with two attached hydrogens (primary N) is 1. The van der Waals surface area contributed by atoms with Gasteiger partial charge in [-0.3, -0.25) is 4.99 Å². The molecule has 0 amide bonds. The van der Waals surface area contributed by atoms with Crippen molar-refractivity contribution >= 4 is 40.8 Å². The molecule has 2 aromatic carbocycles. The zero-order chi connectivity index (χ0) is 19.1. The van der Waals surface area contributed by atoms with E-state index in [2.05, 4.69) is 33.5 Å². The van der Waals surface area contributed by atoms with Crippen LogP contribution < -0.4 is 20.5 Å². The van der Waals surface area contributed by atoms with E-state index in [0.29, 0.717) is 19.0 Å². The molecule has 28 heavy (non-hydrogen) atoms. The van der Waals surface area contributed by atoms with Crippen LogP contribution in [0.25, 0.3) is 10.9 Å². The number of ether oxygens (including phenoxy) is 2. The van der Waals surface area contributed by atoms with Gasteiger partial charge < -0.3 is 25.5 Å². The normalized spacial score (nSPS) is 11.1. The summed E-state index contributed by atoms with van der Waals surface area (Å²) in [7, 11) is 3.27. The molecule has 150 valence electrons. The molecule has 0 radical (unpaired) electrons. The summed E-state index contributed by atoms with van der Waals surface area (Å²) < 4.78 is 10.6. The van der Waals surface area contributed by atoms with Gasteiger partial charge in [0, 0.05) is 30.7 Å². The molecule has 3 rings (SSSR count). The zero-order valence-electron chi connectivity index (χ0n) is 16.2. The van der Waals surface area contributed by atoms with E-state index >= 15 is 0 Å². The third kappa shape index (κ3) is 5.79. The molecule has 0 spiro atoms. The molecule has 0 aliphatic heterocycles. The predicted octanol–water partition coefficient (Wildman–Crippen LogP) is 3.49. The number of para-hydroxylation sites is 1. The summed E-state index contributed by atoms with van der Waals surface area (Å²) in [5, 5.41) is 4.38. The molecule has 6 nitrogen and oxygen atoms in total. The van der Waals surface area contributed by atoms with E-state index in [-0.39, 0.29) is 24.0 Å². The van der Waals surface area contributed by atoms with Gasteiger partial charge in [-0.15, -0.1) is 24.0 Å². The maximum absolute atomic E-state index is 5.96. The number of halogens is 1. The van der Waals surface area contributed by atoms with Gasteiger partial charge in [-0.25, -0.2) is 0 Å². The highest BCUT2D eigenvalue weighted by atomic mass is 127. The fourth-order valence-electron chi connectivity index (χ4n) is 2.99. The number of H-pyrrole nitrogens is 1. The van der Waals surface area contributed by atoms with Crippen LogP contribution in [-0.4, -0.2) is 38.3 Å². The van der Waals surface area contributed by atoms with E-state index in [0.717, 1.165) is 41.1 Å². The quantitative estimate of drug-likeness (QED) is 0.254. The number of hydrogen-bond acceptors (Lipinski definition) is 3. The van der Waals surface area contributed by atoms with Crippen molar-refractivity contribution in [3.63, 3.8) is 0 Å². The lowest BCUT2D eigenvalue weighted by Crippen LogP contribution is -2.33. The minimum absolute atomic E-state index is 0. The Bertz CT molecular complexity index is 891. The second-order valence-electron chi connectivity index (χ2n) is 6.26. The fourth-order valence-corrected chi connectivity index (χ4v) is 2.99. The van der Waals surface area contributed by atoms with Crippen molar-refractivity contribution in [3.8, 4) is 11.5 Å². The van der Waals surface area contributed by atoms with Crippen LogP contribution in [0.1, 0.15) is 11.3 Å². The van der Waals surface area contributed by atoms with Crippen LogP contribution >= 0.6 is 24.0 Å². The number of rotatable bonds is 8. The number of nitrogens with one attached hydrogen (secondary N) is 2. The van der Waals surface area contributed by atoms with Gasteiger partial charge in [-0.1, -0.05) is 24.3 Å². The number of benzene rings is 2. The molecule has 0 unspecified atom stereocenters. The van der Waals surface area contributed by atoms with Crippen LogP contribution in [0.15, 0.2) is 53.5 Å². The van der Waals surface area contributed by atoms with E-state index in [4.69, 9.17) is 15.2 Å². The lowest BCUT2D eigenvalue weighted by atomic mass is 10.1. The van der Waals surface area contributed by atoms with E-state index < -0.39 is 0 Å². The molecule has 0 aliphatic carbocycles.